The van der Waals surface area contributed by atoms with E-state index < -0.39 is 11.6 Å². The van der Waals surface area contributed by atoms with Gasteiger partial charge in [0, 0.05) is 10.4 Å². The molecule has 3 aromatic rings. The van der Waals surface area contributed by atoms with E-state index in [-0.39, 0.29) is 18.4 Å². The number of carbonyl (C=O) groups excluding carboxylic acids is 2. The molecule has 0 saturated carbocycles. The van der Waals surface area contributed by atoms with E-state index in [1.54, 1.807) is 22.3 Å². The lowest BCUT2D eigenvalue weighted by Crippen LogP contribution is -2.54. The van der Waals surface area contributed by atoms with Crippen LogP contribution in [0.5, 0.6) is 0 Å². The summed E-state index contributed by atoms with van der Waals surface area (Å²) < 4.78 is 5.53. The van der Waals surface area contributed by atoms with Gasteiger partial charge in [0.05, 0.1) is 6.54 Å². The topological polar surface area (TPSA) is 106 Å². The standard InChI is InChI=1S/C22H30N6O3S/c1-6-8-17(21(30)23-22(3,4)5)27(13-16-9-7-12-32-16)19(29)14-28-25-20(24-26-28)18-11-10-15(2)31-18/h7,9-12,17H,6,8,13-14H2,1-5H3,(H,23,30)/t17-/m1/s1. The molecule has 0 aliphatic rings. The number of tetrazole rings is 1. The fraction of sp³-hybridized carbons (Fsp3) is 0.500. The summed E-state index contributed by atoms with van der Waals surface area (Å²) in [6.07, 6.45) is 1.32. The lowest BCUT2D eigenvalue weighted by molar-refractivity contribution is -0.143. The van der Waals surface area contributed by atoms with Crippen LogP contribution in [0.25, 0.3) is 11.6 Å². The Hall–Kier alpha value is -3.01. The highest BCUT2D eigenvalue weighted by molar-refractivity contribution is 7.09. The molecule has 2 amide bonds. The van der Waals surface area contributed by atoms with Crippen molar-refractivity contribution in [2.75, 3.05) is 0 Å². The van der Waals surface area contributed by atoms with Crippen LogP contribution >= 0.6 is 11.3 Å². The van der Waals surface area contributed by atoms with Crippen LogP contribution < -0.4 is 5.32 Å². The molecule has 32 heavy (non-hydrogen) atoms. The van der Waals surface area contributed by atoms with Gasteiger partial charge in [-0.25, -0.2) is 0 Å². The van der Waals surface area contributed by atoms with Crippen molar-refractivity contribution in [1.82, 2.24) is 30.4 Å². The second-order valence-electron chi connectivity index (χ2n) is 8.70. The molecule has 1 atom stereocenters. The van der Waals surface area contributed by atoms with Gasteiger partial charge in [-0.05, 0) is 62.9 Å². The fourth-order valence-corrected chi connectivity index (χ4v) is 3.98. The minimum Gasteiger partial charge on any atom is -0.458 e. The van der Waals surface area contributed by atoms with Crippen LogP contribution in [0.3, 0.4) is 0 Å². The SMILES string of the molecule is CCC[C@H](C(=O)NC(C)(C)C)N(Cc1cccs1)C(=O)Cn1nnc(-c2ccc(C)o2)n1. The van der Waals surface area contributed by atoms with Gasteiger partial charge in [0.1, 0.15) is 18.3 Å². The van der Waals surface area contributed by atoms with Crippen molar-refractivity contribution in [3.05, 3.63) is 40.3 Å². The van der Waals surface area contributed by atoms with Crippen molar-refractivity contribution in [2.45, 2.75) is 72.1 Å². The summed E-state index contributed by atoms with van der Waals surface area (Å²) >= 11 is 1.55. The summed E-state index contributed by atoms with van der Waals surface area (Å²) in [6, 6.07) is 6.87. The molecule has 10 heteroatoms. The van der Waals surface area contributed by atoms with E-state index in [0.29, 0.717) is 24.6 Å². The van der Waals surface area contributed by atoms with Crippen molar-refractivity contribution in [2.24, 2.45) is 0 Å². The molecular weight excluding hydrogens is 428 g/mol. The molecule has 0 fully saturated rings. The number of aryl methyl sites for hydroxylation is 1. The van der Waals surface area contributed by atoms with Crippen molar-refractivity contribution < 1.29 is 14.0 Å². The van der Waals surface area contributed by atoms with Crippen LogP contribution in [0.2, 0.25) is 0 Å². The summed E-state index contributed by atoms with van der Waals surface area (Å²) in [4.78, 5) is 30.3. The maximum absolute atomic E-state index is 13.4. The molecule has 0 aliphatic carbocycles. The molecule has 0 saturated heterocycles. The molecule has 0 bridgehead atoms. The molecular formula is C22H30N6O3S. The molecule has 172 valence electrons. The third-order valence-corrected chi connectivity index (χ3v) is 5.52. The van der Waals surface area contributed by atoms with Gasteiger partial charge in [-0.1, -0.05) is 19.4 Å². The van der Waals surface area contributed by atoms with Crippen molar-refractivity contribution in [3.63, 3.8) is 0 Å². The molecule has 9 nitrogen and oxygen atoms in total. The first kappa shape index (κ1) is 23.6. The highest BCUT2D eigenvalue weighted by Gasteiger charge is 2.32. The largest absolute Gasteiger partial charge is 0.458 e. The Morgan fingerprint density at radius 1 is 1.28 bits per heavy atom. The Balaban J connectivity index is 1.82. The Labute approximate surface area is 191 Å². The minimum atomic E-state index is -0.593. The normalized spacial score (nSPS) is 12.5. The van der Waals surface area contributed by atoms with Crippen LogP contribution in [0.15, 0.2) is 34.1 Å². The Morgan fingerprint density at radius 3 is 2.66 bits per heavy atom. The third kappa shape index (κ3) is 6.25. The summed E-state index contributed by atoms with van der Waals surface area (Å²) in [5.41, 5.74) is -0.399. The first-order valence-corrected chi connectivity index (χ1v) is 11.5. The van der Waals surface area contributed by atoms with E-state index in [9.17, 15) is 9.59 Å². The van der Waals surface area contributed by atoms with Gasteiger partial charge in [0.25, 0.3) is 0 Å². The average Bonchev–Trinajstić information content (AvgIpc) is 3.45. The number of hydrogen-bond donors (Lipinski definition) is 1. The van der Waals surface area contributed by atoms with Gasteiger partial charge in [-0.2, -0.15) is 4.80 Å². The lowest BCUT2D eigenvalue weighted by Gasteiger charge is -2.33. The molecule has 3 heterocycles. The van der Waals surface area contributed by atoms with E-state index in [4.69, 9.17) is 4.42 Å². The molecule has 0 spiro atoms. The molecule has 0 aromatic carbocycles. The van der Waals surface area contributed by atoms with E-state index in [2.05, 4.69) is 20.7 Å². The summed E-state index contributed by atoms with van der Waals surface area (Å²) in [7, 11) is 0. The fourth-order valence-electron chi connectivity index (χ4n) is 3.27. The zero-order chi connectivity index (χ0) is 23.3. The Morgan fingerprint density at radius 2 is 2.06 bits per heavy atom. The van der Waals surface area contributed by atoms with Crippen LogP contribution in [0.4, 0.5) is 0 Å². The number of furan rings is 1. The second-order valence-corrected chi connectivity index (χ2v) is 9.73. The van der Waals surface area contributed by atoms with E-state index in [1.807, 2.05) is 58.2 Å². The van der Waals surface area contributed by atoms with E-state index >= 15 is 0 Å². The predicted molar refractivity (Wildman–Crippen MR) is 122 cm³/mol. The van der Waals surface area contributed by atoms with E-state index in [1.165, 1.54) is 4.80 Å². The van der Waals surface area contributed by atoms with E-state index in [0.717, 1.165) is 17.1 Å². The number of nitrogens with one attached hydrogen (secondary N) is 1. The number of hydrogen-bond acceptors (Lipinski definition) is 7. The van der Waals surface area contributed by atoms with Crippen molar-refractivity contribution in [1.29, 1.82) is 0 Å². The molecule has 3 aromatic heterocycles. The highest BCUT2D eigenvalue weighted by atomic mass is 32.1. The smallest absolute Gasteiger partial charge is 0.247 e. The quantitative estimate of drug-likeness (QED) is 0.527. The van der Waals surface area contributed by atoms with Crippen LogP contribution in [0.1, 0.15) is 51.2 Å². The van der Waals surface area contributed by atoms with Crippen molar-refractivity contribution >= 4 is 23.2 Å². The lowest BCUT2D eigenvalue weighted by atomic mass is 10.0. The maximum Gasteiger partial charge on any atom is 0.247 e. The number of rotatable bonds is 9. The molecule has 0 radical (unpaired) electrons. The third-order valence-electron chi connectivity index (χ3n) is 4.66. The summed E-state index contributed by atoms with van der Waals surface area (Å²) in [5.74, 6) is 1.13. The number of thiophene rings is 1. The number of carbonyl (C=O) groups is 2. The Kier molecular flexibility index (Phi) is 7.44. The van der Waals surface area contributed by atoms with Crippen LogP contribution in [-0.4, -0.2) is 48.5 Å². The monoisotopic (exact) mass is 458 g/mol. The highest BCUT2D eigenvalue weighted by Crippen LogP contribution is 2.19. The zero-order valence-corrected chi connectivity index (χ0v) is 20.0. The first-order valence-electron chi connectivity index (χ1n) is 10.6. The van der Waals surface area contributed by atoms with Gasteiger partial charge in [0.2, 0.25) is 17.6 Å². The first-order chi connectivity index (χ1) is 15.2. The maximum atomic E-state index is 13.4. The molecule has 1 N–H and O–H groups in total. The number of amides is 2. The Bertz CT molecular complexity index is 1030. The van der Waals surface area contributed by atoms with Gasteiger partial charge in [-0.3, -0.25) is 9.59 Å². The van der Waals surface area contributed by atoms with Crippen molar-refractivity contribution in [3.8, 4) is 11.6 Å². The minimum absolute atomic E-state index is 0.124. The zero-order valence-electron chi connectivity index (χ0n) is 19.2. The molecule has 0 aliphatic heterocycles. The summed E-state index contributed by atoms with van der Waals surface area (Å²) in [5, 5.41) is 17.2. The number of aromatic nitrogens is 4. The van der Waals surface area contributed by atoms with Crippen LogP contribution in [0, 0.1) is 6.92 Å². The molecule has 0 unspecified atom stereocenters. The summed E-state index contributed by atoms with van der Waals surface area (Å²) in [6.45, 7) is 9.83. The second kappa shape index (κ2) is 10.1. The number of nitrogens with zero attached hydrogens (tertiary/aromatic N) is 5. The van der Waals surface area contributed by atoms with Gasteiger partial charge in [0.15, 0.2) is 5.76 Å². The predicted octanol–water partition coefficient (Wildman–Crippen LogP) is 3.42. The van der Waals surface area contributed by atoms with Crippen LogP contribution in [-0.2, 0) is 22.7 Å². The van der Waals surface area contributed by atoms with Gasteiger partial charge >= 0.3 is 0 Å². The van der Waals surface area contributed by atoms with Gasteiger partial charge in [-0.15, -0.1) is 21.5 Å². The average molecular weight is 459 g/mol. The molecule has 3 rings (SSSR count). The van der Waals surface area contributed by atoms with Gasteiger partial charge < -0.3 is 14.6 Å².